The number of hydrogen-bond acceptors (Lipinski definition) is 2. The van der Waals surface area contributed by atoms with Gasteiger partial charge in [0.25, 0.3) is 0 Å². The highest BCUT2D eigenvalue weighted by Gasteiger charge is 2.21. The Morgan fingerprint density at radius 1 is 1.36 bits per heavy atom. The van der Waals surface area contributed by atoms with Gasteiger partial charge in [0.05, 0.1) is 13.2 Å². The van der Waals surface area contributed by atoms with Gasteiger partial charge in [-0.2, -0.15) is 0 Å². The van der Waals surface area contributed by atoms with Gasteiger partial charge in [0.15, 0.2) is 0 Å². The second-order valence-electron chi connectivity index (χ2n) is 6.16. The first-order valence-corrected chi connectivity index (χ1v) is 8.07. The molecule has 2 aromatic rings. The molecular weight excluding hydrogens is 276 g/mol. The standard InChI is InChI=1S/C18H24N2O2/c1-3-18(21)20-8-9-22-13-15(12-20)10-14-4-5-17-16(11-14)6-7-19(17)2/h4-7,11,15H,3,8-10,12-13H2,1-2H3. The van der Waals surface area contributed by atoms with Crippen LogP contribution in [0.15, 0.2) is 30.5 Å². The predicted molar refractivity (Wildman–Crippen MR) is 87.8 cm³/mol. The Bertz CT molecular complexity index is 662. The van der Waals surface area contributed by atoms with E-state index >= 15 is 0 Å². The van der Waals surface area contributed by atoms with Gasteiger partial charge in [-0.3, -0.25) is 4.79 Å². The molecule has 3 rings (SSSR count). The van der Waals surface area contributed by atoms with Gasteiger partial charge in [-0.25, -0.2) is 0 Å². The molecule has 1 aliphatic heterocycles. The Kier molecular flexibility index (Phi) is 4.48. The second kappa shape index (κ2) is 6.53. The highest BCUT2D eigenvalue weighted by molar-refractivity contribution is 5.80. The summed E-state index contributed by atoms with van der Waals surface area (Å²) in [4.78, 5) is 13.9. The Morgan fingerprint density at radius 3 is 3.05 bits per heavy atom. The third kappa shape index (κ3) is 3.17. The lowest BCUT2D eigenvalue weighted by Gasteiger charge is -2.23. The molecule has 1 aromatic carbocycles. The summed E-state index contributed by atoms with van der Waals surface area (Å²) >= 11 is 0. The molecule has 1 aromatic heterocycles. The maximum absolute atomic E-state index is 12.0. The minimum absolute atomic E-state index is 0.231. The van der Waals surface area contributed by atoms with E-state index in [-0.39, 0.29) is 5.91 Å². The van der Waals surface area contributed by atoms with E-state index in [2.05, 4.69) is 42.1 Å². The van der Waals surface area contributed by atoms with Crippen LogP contribution in [0.25, 0.3) is 10.9 Å². The molecule has 0 radical (unpaired) electrons. The number of hydrogen-bond donors (Lipinski definition) is 0. The van der Waals surface area contributed by atoms with Crippen LogP contribution in [0.4, 0.5) is 0 Å². The largest absolute Gasteiger partial charge is 0.379 e. The van der Waals surface area contributed by atoms with Crippen LogP contribution < -0.4 is 0 Å². The van der Waals surface area contributed by atoms with Gasteiger partial charge < -0.3 is 14.2 Å². The highest BCUT2D eigenvalue weighted by atomic mass is 16.5. The van der Waals surface area contributed by atoms with Crippen molar-refractivity contribution in [1.82, 2.24) is 9.47 Å². The van der Waals surface area contributed by atoms with Crippen LogP contribution in [0, 0.1) is 5.92 Å². The van der Waals surface area contributed by atoms with E-state index in [9.17, 15) is 4.79 Å². The van der Waals surface area contributed by atoms with Crippen LogP contribution in [0.2, 0.25) is 0 Å². The van der Waals surface area contributed by atoms with Crippen molar-refractivity contribution in [3.05, 3.63) is 36.0 Å². The smallest absolute Gasteiger partial charge is 0.222 e. The number of aryl methyl sites for hydroxylation is 1. The lowest BCUT2D eigenvalue weighted by atomic mass is 9.98. The molecule has 0 N–H and O–H groups in total. The van der Waals surface area contributed by atoms with Crippen molar-refractivity contribution in [1.29, 1.82) is 0 Å². The van der Waals surface area contributed by atoms with Gasteiger partial charge in [-0.1, -0.05) is 13.0 Å². The third-order valence-electron chi connectivity index (χ3n) is 4.47. The minimum atomic E-state index is 0.231. The molecule has 118 valence electrons. The summed E-state index contributed by atoms with van der Waals surface area (Å²) < 4.78 is 7.83. The molecular formula is C18H24N2O2. The second-order valence-corrected chi connectivity index (χ2v) is 6.16. The monoisotopic (exact) mass is 300 g/mol. The van der Waals surface area contributed by atoms with E-state index in [4.69, 9.17) is 4.74 Å². The Labute approximate surface area is 131 Å². The lowest BCUT2D eigenvalue weighted by molar-refractivity contribution is -0.131. The van der Waals surface area contributed by atoms with Gasteiger partial charge >= 0.3 is 0 Å². The maximum Gasteiger partial charge on any atom is 0.222 e. The third-order valence-corrected chi connectivity index (χ3v) is 4.47. The first kappa shape index (κ1) is 15.1. The van der Waals surface area contributed by atoms with Crippen molar-refractivity contribution in [2.75, 3.05) is 26.3 Å². The van der Waals surface area contributed by atoms with Gasteiger partial charge in [0, 0.05) is 44.2 Å². The highest BCUT2D eigenvalue weighted by Crippen LogP contribution is 2.20. The average Bonchev–Trinajstić information content (AvgIpc) is 2.74. The number of carbonyl (C=O) groups is 1. The molecule has 4 nitrogen and oxygen atoms in total. The van der Waals surface area contributed by atoms with Crippen LogP contribution >= 0.6 is 0 Å². The zero-order valence-electron chi connectivity index (χ0n) is 13.4. The van der Waals surface area contributed by atoms with Crippen molar-refractivity contribution < 1.29 is 9.53 Å². The predicted octanol–water partition coefficient (Wildman–Crippen LogP) is 2.61. The first-order chi connectivity index (χ1) is 10.7. The summed E-state index contributed by atoms with van der Waals surface area (Å²) in [6.07, 6.45) is 3.62. The number of nitrogens with zero attached hydrogens (tertiary/aromatic N) is 2. The van der Waals surface area contributed by atoms with Crippen molar-refractivity contribution in [2.45, 2.75) is 19.8 Å². The fourth-order valence-electron chi connectivity index (χ4n) is 3.25. The number of benzene rings is 1. The summed E-state index contributed by atoms with van der Waals surface area (Å²) in [5.41, 5.74) is 2.57. The topological polar surface area (TPSA) is 34.5 Å². The molecule has 0 saturated carbocycles. The number of fused-ring (bicyclic) bond motifs is 1. The Hall–Kier alpha value is -1.81. The molecule has 1 amide bonds. The molecule has 1 aliphatic rings. The zero-order chi connectivity index (χ0) is 15.5. The van der Waals surface area contributed by atoms with E-state index < -0.39 is 0 Å². The van der Waals surface area contributed by atoms with E-state index in [1.54, 1.807) is 0 Å². The molecule has 22 heavy (non-hydrogen) atoms. The van der Waals surface area contributed by atoms with Crippen LogP contribution in [0.3, 0.4) is 0 Å². The summed E-state index contributed by atoms with van der Waals surface area (Å²) in [6, 6.07) is 8.78. The maximum atomic E-state index is 12.0. The Balaban J connectivity index is 1.73. The molecule has 2 heterocycles. The molecule has 1 unspecified atom stereocenters. The van der Waals surface area contributed by atoms with E-state index in [1.807, 2.05) is 11.8 Å². The van der Waals surface area contributed by atoms with Crippen LogP contribution in [0.5, 0.6) is 0 Å². The molecule has 0 aliphatic carbocycles. The van der Waals surface area contributed by atoms with Crippen LogP contribution in [0.1, 0.15) is 18.9 Å². The van der Waals surface area contributed by atoms with Gasteiger partial charge in [0.1, 0.15) is 0 Å². The van der Waals surface area contributed by atoms with Gasteiger partial charge in [0.2, 0.25) is 5.91 Å². The van der Waals surface area contributed by atoms with Gasteiger partial charge in [-0.15, -0.1) is 0 Å². The minimum Gasteiger partial charge on any atom is -0.379 e. The number of amides is 1. The molecule has 0 bridgehead atoms. The summed E-state index contributed by atoms with van der Waals surface area (Å²) in [5, 5.41) is 1.27. The number of carbonyl (C=O) groups excluding carboxylic acids is 1. The summed E-state index contributed by atoms with van der Waals surface area (Å²) in [7, 11) is 2.06. The molecule has 1 atom stereocenters. The SMILES string of the molecule is CCC(=O)N1CCOCC(Cc2ccc3c(ccn3C)c2)C1. The Morgan fingerprint density at radius 2 is 2.23 bits per heavy atom. The number of rotatable bonds is 3. The fourth-order valence-corrected chi connectivity index (χ4v) is 3.25. The lowest BCUT2D eigenvalue weighted by Crippen LogP contribution is -2.35. The van der Waals surface area contributed by atoms with Crippen molar-refractivity contribution in [3.63, 3.8) is 0 Å². The normalized spacial score (nSPS) is 19.4. The van der Waals surface area contributed by atoms with E-state index in [0.29, 0.717) is 18.9 Å². The summed E-state index contributed by atoms with van der Waals surface area (Å²) in [6.45, 7) is 4.84. The quantitative estimate of drug-likeness (QED) is 0.873. The van der Waals surface area contributed by atoms with Crippen LogP contribution in [-0.4, -0.2) is 41.7 Å². The molecule has 4 heteroatoms. The van der Waals surface area contributed by atoms with E-state index in [1.165, 1.54) is 16.5 Å². The first-order valence-electron chi connectivity index (χ1n) is 8.07. The van der Waals surface area contributed by atoms with Crippen molar-refractivity contribution in [2.24, 2.45) is 13.0 Å². The van der Waals surface area contributed by atoms with Gasteiger partial charge in [-0.05, 0) is 35.6 Å². The zero-order valence-corrected chi connectivity index (χ0v) is 13.4. The van der Waals surface area contributed by atoms with E-state index in [0.717, 1.165) is 26.1 Å². The number of ether oxygens (including phenoxy) is 1. The fraction of sp³-hybridized carbons (Fsp3) is 0.500. The number of aromatic nitrogens is 1. The molecule has 1 fully saturated rings. The average molecular weight is 300 g/mol. The molecule has 1 saturated heterocycles. The van der Waals surface area contributed by atoms with Crippen molar-refractivity contribution in [3.8, 4) is 0 Å². The van der Waals surface area contributed by atoms with Crippen molar-refractivity contribution >= 4 is 16.8 Å². The molecule has 0 spiro atoms. The van der Waals surface area contributed by atoms with Crippen LogP contribution in [-0.2, 0) is 23.0 Å². The summed E-state index contributed by atoms with van der Waals surface area (Å²) in [5.74, 6) is 0.605.